The van der Waals surface area contributed by atoms with Crippen molar-refractivity contribution < 1.29 is 13.6 Å². The number of carbonyl (C=O) groups excluding carboxylic acids is 1. The van der Waals surface area contributed by atoms with Gasteiger partial charge < -0.3 is 5.32 Å². The second-order valence-electron chi connectivity index (χ2n) is 7.03. The van der Waals surface area contributed by atoms with Gasteiger partial charge in [0, 0.05) is 31.1 Å². The Kier molecular flexibility index (Phi) is 6.00. The van der Waals surface area contributed by atoms with Crippen LogP contribution in [0.25, 0.3) is 22.0 Å². The van der Waals surface area contributed by atoms with Gasteiger partial charge in [0.05, 0.1) is 17.2 Å². The highest BCUT2D eigenvalue weighted by Gasteiger charge is 2.22. The zero-order valence-electron chi connectivity index (χ0n) is 16.3. The highest BCUT2D eigenvalue weighted by Crippen LogP contribution is 2.23. The van der Waals surface area contributed by atoms with E-state index in [0.29, 0.717) is 17.4 Å². The number of aryl methyl sites for hydroxylation is 1. The van der Waals surface area contributed by atoms with Gasteiger partial charge in [-0.05, 0) is 43.2 Å². The minimum absolute atomic E-state index is 0.0942. The first-order valence-electron chi connectivity index (χ1n) is 9.40. The fraction of sp³-hybridized carbons (Fsp3) is 0.333. The van der Waals surface area contributed by atoms with Crippen LogP contribution in [0.3, 0.4) is 0 Å². The summed E-state index contributed by atoms with van der Waals surface area (Å²) in [6.45, 7) is 3.38. The summed E-state index contributed by atoms with van der Waals surface area (Å²) in [5, 5.41) is 3.03. The lowest BCUT2D eigenvalue weighted by atomic mass is 10.1. The van der Waals surface area contributed by atoms with Gasteiger partial charge in [0.1, 0.15) is 5.82 Å². The number of aromatic nitrogens is 3. The van der Waals surface area contributed by atoms with E-state index in [1.54, 1.807) is 41.4 Å². The van der Waals surface area contributed by atoms with E-state index in [0.717, 1.165) is 24.5 Å². The molecular weight excluding hydrogens is 378 g/mol. The van der Waals surface area contributed by atoms with E-state index in [1.165, 1.54) is 0 Å². The maximum Gasteiger partial charge on any atom is 0.261 e. The molecule has 0 spiro atoms. The van der Waals surface area contributed by atoms with E-state index in [1.807, 2.05) is 13.0 Å². The number of nitrogens with zero attached hydrogens (tertiary/aromatic N) is 3. The summed E-state index contributed by atoms with van der Waals surface area (Å²) < 4.78 is 27.3. The smallest absolute Gasteiger partial charge is 0.261 e. The van der Waals surface area contributed by atoms with Crippen LogP contribution in [0.4, 0.5) is 14.6 Å². The van der Waals surface area contributed by atoms with Crippen LogP contribution in [0.2, 0.25) is 0 Å². The highest BCUT2D eigenvalue weighted by atomic mass is 19.3. The van der Waals surface area contributed by atoms with Crippen molar-refractivity contribution in [1.29, 1.82) is 0 Å². The highest BCUT2D eigenvalue weighted by molar-refractivity contribution is 5.90. The number of hydrogen-bond acceptors (Lipinski definition) is 4. The van der Waals surface area contributed by atoms with E-state index in [9.17, 15) is 18.4 Å². The number of nitrogens with one attached hydrogen (secondary N) is 1. The molecule has 1 amide bonds. The SMILES string of the molecule is CCCn1cnc2ccc(-c3ccc(NC(=O)CCC(C)(F)F)nc3)cc2c1=O. The molecule has 0 fully saturated rings. The van der Waals surface area contributed by atoms with Crippen molar-refractivity contribution in [1.82, 2.24) is 14.5 Å². The van der Waals surface area contributed by atoms with Gasteiger partial charge in [-0.25, -0.2) is 18.7 Å². The molecule has 1 N–H and O–H groups in total. The molecule has 29 heavy (non-hydrogen) atoms. The minimum Gasteiger partial charge on any atom is -0.311 e. The quantitative estimate of drug-likeness (QED) is 0.643. The van der Waals surface area contributed by atoms with Crippen LogP contribution >= 0.6 is 0 Å². The number of fused-ring (bicyclic) bond motifs is 1. The Balaban J connectivity index is 1.79. The maximum absolute atomic E-state index is 12.8. The van der Waals surface area contributed by atoms with Gasteiger partial charge in [-0.2, -0.15) is 0 Å². The number of anilines is 1. The lowest BCUT2D eigenvalue weighted by molar-refractivity contribution is -0.118. The predicted molar refractivity (Wildman–Crippen MR) is 108 cm³/mol. The predicted octanol–water partition coefficient (Wildman–Crippen LogP) is 4.24. The fourth-order valence-corrected chi connectivity index (χ4v) is 2.92. The third-order valence-electron chi connectivity index (χ3n) is 4.44. The Labute approximate surface area is 166 Å². The molecule has 0 radical (unpaired) electrons. The molecule has 3 aromatic rings. The molecule has 0 unspecified atom stereocenters. The number of halogens is 2. The van der Waals surface area contributed by atoms with Gasteiger partial charge in [-0.15, -0.1) is 0 Å². The molecule has 0 aliphatic carbocycles. The van der Waals surface area contributed by atoms with Crippen molar-refractivity contribution >= 4 is 22.6 Å². The number of rotatable bonds is 7. The van der Waals surface area contributed by atoms with Gasteiger partial charge in [-0.3, -0.25) is 14.2 Å². The van der Waals surface area contributed by atoms with Gasteiger partial charge in [-0.1, -0.05) is 13.0 Å². The van der Waals surface area contributed by atoms with Crippen molar-refractivity contribution in [3.63, 3.8) is 0 Å². The minimum atomic E-state index is -2.88. The summed E-state index contributed by atoms with van der Waals surface area (Å²) >= 11 is 0. The molecule has 1 aromatic carbocycles. The van der Waals surface area contributed by atoms with Gasteiger partial charge >= 0.3 is 0 Å². The molecule has 0 saturated carbocycles. The van der Waals surface area contributed by atoms with Crippen molar-refractivity contribution in [3.8, 4) is 11.1 Å². The van der Waals surface area contributed by atoms with Gasteiger partial charge in [0.25, 0.3) is 5.56 Å². The van der Waals surface area contributed by atoms with E-state index in [2.05, 4.69) is 15.3 Å². The zero-order chi connectivity index (χ0) is 21.0. The third-order valence-corrected chi connectivity index (χ3v) is 4.44. The molecule has 0 atom stereocenters. The van der Waals surface area contributed by atoms with E-state index in [-0.39, 0.29) is 17.8 Å². The Morgan fingerprint density at radius 3 is 2.59 bits per heavy atom. The van der Waals surface area contributed by atoms with Crippen LogP contribution in [0.5, 0.6) is 0 Å². The molecule has 2 heterocycles. The summed E-state index contributed by atoms with van der Waals surface area (Å²) in [6, 6.07) is 8.75. The second kappa shape index (κ2) is 8.46. The fourth-order valence-electron chi connectivity index (χ4n) is 2.92. The largest absolute Gasteiger partial charge is 0.311 e. The monoisotopic (exact) mass is 400 g/mol. The molecule has 8 heteroatoms. The van der Waals surface area contributed by atoms with E-state index >= 15 is 0 Å². The van der Waals surface area contributed by atoms with Crippen LogP contribution in [0.15, 0.2) is 47.7 Å². The molecule has 0 aliphatic rings. The Morgan fingerprint density at radius 1 is 1.17 bits per heavy atom. The molecule has 2 aromatic heterocycles. The molecule has 0 bridgehead atoms. The summed E-state index contributed by atoms with van der Waals surface area (Å²) in [5.41, 5.74) is 2.08. The van der Waals surface area contributed by atoms with Gasteiger partial charge in [0.15, 0.2) is 0 Å². The van der Waals surface area contributed by atoms with Crippen LogP contribution in [0, 0.1) is 0 Å². The number of carbonyl (C=O) groups is 1. The van der Waals surface area contributed by atoms with Crippen molar-refractivity contribution in [2.24, 2.45) is 0 Å². The lowest BCUT2D eigenvalue weighted by Crippen LogP contribution is -2.20. The molecule has 152 valence electrons. The number of alkyl halides is 2. The zero-order valence-corrected chi connectivity index (χ0v) is 16.3. The molecular formula is C21H22F2N4O2. The number of amides is 1. The Bertz CT molecular complexity index is 1070. The number of hydrogen-bond donors (Lipinski definition) is 1. The first-order valence-corrected chi connectivity index (χ1v) is 9.40. The van der Waals surface area contributed by atoms with Crippen LogP contribution in [-0.4, -0.2) is 26.4 Å². The standard InChI is InChI=1S/C21H22F2N4O2/c1-3-10-27-13-25-17-6-4-14(11-16(17)20(27)29)15-5-7-18(24-12-15)26-19(28)8-9-21(2,22)23/h4-7,11-13H,3,8-10H2,1-2H3,(H,24,26,28). The molecule has 0 saturated heterocycles. The topological polar surface area (TPSA) is 76.9 Å². The molecule has 0 aliphatic heterocycles. The number of benzene rings is 1. The van der Waals surface area contributed by atoms with Crippen LogP contribution < -0.4 is 10.9 Å². The summed E-state index contributed by atoms with van der Waals surface area (Å²) in [7, 11) is 0. The van der Waals surface area contributed by atoms with Gasteiger partial charge in [0.2, 0.25) is 11.8 Å². The Morgan fingerprint density at radius 2 is 1.93 bits per heavy atom. The normalized spacial score (nSPS) is 11.6. The average molecular weight is 400 g/mol. The first kappa shape index (κ1) is 20.6. The van der Waals surface area contributed by atoms with Crippen molar-refractivity contribution in [3.05, 3.63) is 53.2 Å². The maximum atomic E-state index is 12.8. The summed E-state index contributed by atoms with van der Waals surface area (Å²) in [5.74, 6) is -3.11. The molecule has 3 rings (SSSR count). The number of pyridine rings is 1. The van der Waals surface area contributed by atoms with Crippen LogP contribution in [-0.2, 0) is 11.3 Å². The van der Waals surface area contributed by atoms with E-state index < -0.39 is 18.3 Å². The van der Waals surface area contributed by atoms with E-state index in [4.69, 9.17) is 0 Å². The second-order valence-corrected chi connectivity index (χ2v) is 7.03. The van der Waals surface area contributed by atoms with Crippen molar-refractivity contribution in [2.75, 3.05) is 5.32 Å². The molecule has 6 nitrogen and oxygen atoms in total. The third kappa shape index (κ3) is 5.22. The summed E-state index contributed by atoms with van der Waals surface area (Å²) in [4.78, 5) is 32.9. The average Bonchev–Trinajstić information content (AvgIpc) is 2.69. The first-order chi connectivity index (χ1) is 13.8. The van der Waals surface area contributed by atoms with Crippen molar-refractivity contribution in [2.45, 2.75) is 45.6 Å². The summed E-state index contributed by atoms with van der Waals surface area (Å²) in [6.07, 6.45) is 3.15. The Hall–Kier alpha value is -3.16. The van der Waals surface area contributed by atoms with Crippen LogP contribution in [0.1, 0.15) is 33.1 Å². The lowest BCUT2D eigenvalue weighted by Gasteiger charge is -2.10.